The number of phenolic OH excluding ortho intramolecular Hbond substituents is 1. The zero-order valence-electron chi connectivity index (χ0n) is 9.34. The van der Waals surface area contributed by atoms with E-state index in [2.05, 4.69) is 31.9 Å². The highest BCUT2D eigenvalue weighted by atomic mass is 79.9. The molecule has 3 rings (SSSR count). The van der Waals surface area contributed by atoms with Crippen LogP contribution in [0.15, 0.2) is 39.3 Å². The molecule has 0 fully saturated rings. The molecular formula is C12H7Br2N2O3+. The van der Waals surface area contributed by atoms with Crippen LogP contribution in [0.25, 0.3) is 22.1 Å². The van der Waals surface area contributed by atoms with Gasteiger partial charge in [0.2, 0.25) is 0 Å². The second-order valence-electron chi connectivity index (χ2n) is 4.01. The topological polar surface area (TPSA) is 68.4 Å². The third-order valence-electron chi connectivity index (χ3n) is 2.89. The van der Waals surface area contributed by atoms with E-state index in [0.29, 0.717) is 18.9 Å². The van der Waals surface area contributed by atoms with E-state index in [9.17, 15) is 15.2 Å². The molecule has 0 amide bonds. The van der Waals surface area contributed by atoms with E-state index in [-0.39, 0.29) is 22.3 Å². The van der Waals surface area contributed by atoms with Crippen molar-refractivity contribution in [3.8, 4) is 5.75 Å². The zero-order chi connectivity index (χ0) is 13.7. The molecule has 7 heteroatoms. The molecule has 0 radical (unpaired) electrons. The predicted octanol–water partition coefficient (Wildman–Crippen LogP) is 3.18. The Balaban J connectivity index is 2.69. The van der Waals surface area contributed by atoms with E-state index in [1.54, 1.807) is 24.3 Å². The average Bonchev–Trinajstić information content (AvgIpc) is 2.38. The summed E-state index contributed by atoms with van der Waals surface area (Å²) < 4.78 is 2.88. The lowest BCUT2D eigenvalue weighted by Gasteiger charge is -2.05. The van der Waals surface area contributed by atoms with Crippen molar-refractivity contribution in [2.75, 3.05) is 0 Å². The molecule has 5 nitrogen and oxygen atoms in total. The number of phenols is 1. The molecule has 0 aliphatic rings. The van der Waals surface area contributed by atoms with Crippen molar-refractivity contribution >= 4 is 53.9 Å². The van der Waals surface area contributed by atoms with E-state index in [4.69, 9.17) is 0 Å². The quantitative estimate of drug-likeness (QED) is 0.354. The summed E-state index contributed by atoms with van der Waals surface area (Å²) in [5.74, 6) is -0.184. The van der Waals surface area contributed by atoms with Gasteiger partial charge in [0.25, 0.3) is 5.52 Å². The molecule has 0 aliphatic carbocycles. The highest BCUT2D eigenvalue weighted by Gasteiger charge is 2.22. The van der Waals surface area contributed by atoms with Gasteiger partial charge in [0, 0.05) is 19.9 Å². The van der Waals surface area contributed by atoms with Crippen molar-refractivity contribution < 1.29 is 14.7 Å². The van der Waals surface area contributed by atoms with Crippen molar-refractivity contribution in [2.45, 2.75) is 0 Å². The highest BCUT2D eigenvalue weighted by Crippen LogP contribution is 2.29. The molecule has 96 valence electrons. The van der Waals surface area contributed by atoms with E-state index < -0.39 is 0 Å². The van der Waals surface area contributed by atoms with Crippen LogP contribution in [0, 0.1) is 4.91 Å². The van der Waals surface area contributed by atoms with Gasteiger partial charge in [-0.15, -0.1) is 0 Å². The van der Waals surface area contributed by atoms with Gasteiger partial charge >= 0.3 is 5.52 Å². The lowest BCUT2D eigenvalue weighted by atomic mass is 10.2. The predicted molar refractivity (Wildman–Crippen MR) is 77.1 cm³/mol. The van der Waals surface area contributed by atoms with Gasteiger partial charge in [-0.25, -0.2) is 0 Å². The molecule has 0 spiro atoms. The first-order chi connectivity index (χ1) is 9.00. The number of hydrogen-bond donors (Lipinski definition) is 2. The third kappa shape index (κ3) is 1.73. The van der Waals surface area contributed by atoms with E-state index in [0.717, 1.165) is 4.73 Å². The lowest BCUT2D eigenvalue weighted by molar-refractivity contribution is -0.433. The third-order valence-corrected chi connectivity index (χ3v) is 4.73. The fourth-order valence-corrected chi connectivity index (χ4v) is 2.67. The van der Waals surface area contributed by atoms with Gasteiger partial charge in [0.1, 0.15) is 0 Å². The molecule has 2 aromatic carbocycles. The van der Waals surface area contributed by atoms with Gasteiger partial charge in [0.15, 0.2) is 16.8 Å². The van der Waals surface area contributed by atoms with Crippen LogP contribution in [0.4, 0.5) is 0 Å². The number of nitrogens with zero attached hydrogens (tertiary/aromatic N) is 2. The molecule has 0 saturated heterocycles. The Morgan fingerprint density at radius 2 is 1.79 bits per heavy atom. The Kier molecular flexibility index (Phi) is 2.75. The van der Waals surface area contributed by atoms with Crippen molar-refractivity contribution in [3.05, 3.63) is 44.2 Å². The molecule has 3 aromatic rings. The minimum atomic E-state index is -0.184. The largest absolute Gasteiger partial charge is 0.502 e. The van der Waals surface area contributed by atoms with Crippen LogP contribution in [0.5, 0.6) is 5.75 Å². The van der Waals surface area contributed by atoms with E-state index in [1.165, 1.54) is 6.07 Å². The molecule has 0 bridgehead atoms. The van der Waals surface area contributed by atoms with Crippen molar-refractivity contribution in [3.63, 3.8) is 0 Å². The Morgan fingerprint density at radius 1 is 1.11 bits per heavy atom. The van der Waals surface area contributed by atoms with Crippen molar-refractivity contribution in [1.82, 2.24) is 4.73 Å². The van der Waals surface area contributed by atoms with E-state index >= 15 is 0 Å². The number of aromatic hydroxyl groups is 1. The summed E-state index contributed by atoms with van der Waals surface area (Å²) >= 11 is 6.63. The van der Waals surface area contributed by atoms with Crippen LogP contribution in [0.1, 0.15) is 0 Å². The molecule has 19 heavy (non-hydrogen) atoms. The van der Waals surface area contributed by atoms with Crippen LogP contribution >= 0.6 is 31.9 Å². The first-order valence-electron chi connectivity index (χ1n) is 5.28. The smallest absolute Gasteiger partial charge is 0.331 e. The molecule has 0 unspecified atom stereocenters. The van der Waals surface area contributed by atoms with Crippen LogP contribution in [-0.4, -0.2) is 15.0 Å². The summed E-state index contributed by atoms with van der Waals surface area (Å²) in [5.41, 5.74) is 0.832. The Hall–Kier alpha value is -1.60. The standard InChI is InChI=1S/C12H6Br2N2O3/c13-6-4-9-10(5-7(6)14)16(19)12-8(15(9)18)2-1-3-11(12)17/h1-5,18H/p+1. The van der Waals surface area contributed by atoms with Crippen LogP contribution in [-0.2, 0) is 0 Å². The number of para-hydroxylation sites is 1. The molecule has 0 saturated carbocycles. The SMILES string of the molecule is O=[n+]1c2cc(Br)c(Br)cc2n(O)c2cccc(O)c21. The molecule has 0 atom stereocenters. The second-order valence-corrected chi connectivity index (χ2v) is 5.71. The number of rotatable bonds is 0. The fourth-order valence-electron chi connectivity index (χ4n) is 2.01. The fraction of sp³-hybridized carbons (Fsp3) is 0. The van der Waals surface area contributed by atoms with Crippen LogP contribution in [0.3, 0.4) is 0 Å². The summed E-state index contributed by atoms with van der Waals surface area (Å²) in [6.45, 7) is 0. The van der Waals surface area contributed by atoms with Crippen LogP contribution < -0.4 is 4.43 Å². The maximum absolute atomic E-state index is 12.3. The highest BCUT2D eigenvalue weighted by molar-refractivity contribution is 9.13. The number of hydrogen-bond acceptors (Lipinski definition) is 3. The maximum Gasteiger partial charge on any atom is 0.331 e. The lowest BCUT2D eigenvalue weighted by Crippen LogP contribution is -2.20. The number of fused-ring (bicyclic) bond motifs is 2. The molecule has 2 N–H and O–H groups in total. The normalized spacial score (nSPS) is 11.3. The first kappa shape index (κ1) is 12.4. The summed E-state index contributed by atoms with van der Waals surface area (Å²) in [4.78, 5) is 12.3. The summed E-state index contributed by atoms with van der Waals surface area (Å²) in [7, 11) is 0. The molecule has 1 aromatic heterocycles. The molecule has 1 heterocycles. The second kappa shape index (κ2) is 4.21. The molecular weight excluding hydrogens is 380 g/mol. The first-order valence-corrected chi connectivity index (χ1v) is 6.86. The Morgan fingerprint density at radius 3 is 2.53 bits per heavy atom. The van der Waals surface area contributed by atoms with E-state index in [1.807, 2.05) is 0 Å². The van der Waals surface area contributed by atoms with Crippen molar-refractivity contribution in [1.29, 1.82) is 0 Å². The van der Waals surface area contributed by atoms with Gasteiger partial charge in [-0.1, -0.05) is 6.07 Å². The maximum atomic E-state index is 12.3. The van der Waals surface area contributed by atoms with Gasteiger partial charge < -0.3 is 10.3 Å². The minimum Gasteiger partial charge on any atom is -0.502 e. The number of benzene rings is 2. The minimum absolute atomic E-state index is 0.0201. The average molecular weight is 387 g/mol. The van der Waals surface area contributed by atoms with Gasteiger partial charge in [-0.2, -0.15) is 4.73 Å². The summed E-state index contributed by atoms with van der Waals surface area (Å²) in [5, 5.41) is 20.0. The monoisotopic (exact) mass is 385 g/mol. The van der Waals surface area contributed by atoms with Gasteiger partial charge in [-0.3, -0.25) is 0 Å². The summed E-state index contributed by atoms with van der Waals surface area (Å²) in [6.07, 6.45) is 0. The Labute approximate surface area is 123 Å². The van der Waals surface area contributed by atoms with Crippen LogP contribution in [0.2, 0.25) is 0 Å². The Bertz CT molecular complexity index is 890. The van der Waals surface area contributed by atoms with Gasteiger partial charge in [-0.05, 0) is 50.1 Å². The number of halogens is 2. The zero-order valence-corrected chi connectivity index (χ0v) is 12.5. The van der Waals surface area contributed by atoms with Gasteiger partial charge in [0.05, 0.1) is 4.43 Å². The van der Waals surface area contributed by atoms with Crippen molar-refractivity contribution in [2.24, 2.45) is 0 Å². The molecule has 0 aliphatic heterocycles. The number of aromatic nitrogens is 2. The summed E-state index contributed by atoms with van der Waals surface area (Å²) in [6, 6.07) is 7.71.